The van der Waals surface area contributed by atoms with E-state index in [0.29, 0.717) is 0 Å². The highest BCUT2D eigenvalue weighted by atomic mass is 79.9. The summed E-state index contributed by atoms with van der Waals surface area (Å²) in [6.45, 7) is 2.27. The van der Waals surface area contributed by atoms with Crippen LogP contribution in [0.15, 0.2) is 54.7 Å². The van der Waals surface area contributed by atoms with Gasteiger partial charge in [0.2, 0.25) is 0 Å². The minimum absolute atomic E-state index is 0. The molecule has 0 amide bonds. The molecule has 0 radical (unpaired) electrons. The number of piperidine rings is 1. The molecule has 2 aromatic heterocycles. The Bertz CT molecular complexity index is 787. The van der Waals surface area contributed by atoms with E-state index in [1.165, 1.54) is 30.3 Å². The Kier molecular flexibility index (Phi) is 6.75. The Morgan fingerprint density at radius 3 is 2.29 bits per heavy atom. The number of nitrogens with zero attached hydrogens (tertiary/aromatic N) is 3. The van der Waals surface area contributed by atoms with Crippen LogP contribution in [-0.2, 0) is 0 Å². The molecule has 0 N–H and O–H groups in total. The van der Waals surface area contributed by atoms with Gasteiger partial charge in [0.05, 0.1) is 16.9 Å². The maximum absolute atomic E-state index is 4.81. The topological polar surface area (TPSA) is 29.0 Å². The van der Waals surface area contributed by atoms with Crippen LogP contribution in [0.2, 0.25) is 0 Å². The SMILES string of the molecule is Br.Br.c1ccc(-c2cc(N3CCCCC3)c3ccccc3n2)nc1. The predicted octanol–water partition coefficient (Wildman–Crippen LogP) is 5.44. The van der Waals surface area contributed by atoms with E-state index in [4.69, 9.17) is 4.98 Å². The van der Waals surface area contributed by atoms with Crippen molar-refractivity contribution in [3.8, 4) is 11.4 Å². The average molecular weight is 451 g/mol. The third kappa shape index (κ3) is 3.78. The molecule has 126 valence electrons. The van der Waals surface area contributed by atoms with Crippen molar-refractivity contribution in [1.29, 1.82) is 0 Å². The van der Waals surface area contributed by atoms with Gasteiger partial charge in [-0.05, 0) is 43.5 Å². The number of aromatic nitrogens is 2. The van der Waals surface area contributed by atoms with Crippen molar-refractivity contribution in [3.05, 3.63) is 54.7 Å². The van der Waals surface area contributed by atoms with E-state index in [1.54, 1.807) is 0 Å². The second-order valence-corrected chi connectivity index (χ2v) is 5.81. The molecule has 1 fully saturated rings. The monoisotopic (exact) mass is 449 g/mol. The van der Waals surface area contributed by atoms with Crippen LogP contribution >= 0.6 is 34.0 Å². The molecular weight excluding hydrogens is 430 g/mol. The molecule has 3 heterocycles. The van der Waals surface area contributed by atoms with Crippen molar-refractivity contribution in [2.24, 2.45) is 0 Å². The molecular formula is C19H21Br2N3. The summed E-state index contributed by atoms with van der Waals surface area (Å²) in [5.74, 6) is 0. The fourth-order valence-corrected chi connectivity index (χ4v) is 3.20. The van der Waals surface area contributed by atoms with Crippen LogP contribution in [0.3, 0.4) is 0 Å². The quantitative estimate of drug-likeness (QED) is 0.520. The first kappa shape index (κ1) is 18.9. The molecule has 0 aliphatic carbocycles. The van der Waals surface area contributed by atoms with Crippen LogP contribution < -0.4 is 4.90 Å². The predicted molar refractivity (Wildman–Crippen MR) is 112 cm³/mol. The lowest BCUT2D eigenvalue weighted by Crippen LogP contribution is -2.29. The first-order valence-corrected chi connectivity index (χ1v) is 7.98. The van der Waals surface area contributed by atoms with Crippen molar-refractivity contribution < 1.29 is 0 Å². The molecule has 1 aliphatic heterocycles. The van der Waals surface area contributed by atoms with E-state index in [1.807, 2.05) is 24.4 Å². The number of halogens is 2. The van der Waals surface area contributed by atoms with Crippen molar-refractivity contribution in [3.63, 3.8) is 0 Å². The highest BCUT2D eigenvalue weighted by molar-refractivity contribution is 8.93. The van der Waals surface area contributed by atoms with E-state index in [9.17, 15) is 0 Å². The lowest BCUT2D eigenvalue weighted by Gasteiger charge is -2.30. The summed E-state index contributed by atoms with van der Waals surface area (Å²) in [6, 6.07) is 16.6. The van der Waals surface area contributed by atoms with E-state index in [0.717, 1.165) is 30.0 Å². The van der Waals surface area contributed by atoms with E-state index >= 15 is 0 Å². The van der Waals surface area contributed by atoms with Gasteiger partial charge >= 0.3 is 0 Å². The Balaban J connectivity index is 0.00000104. The third-order valence-electron chi connectivity index (χ3n) is 4.32. The first-order valence-electron chi connectivity index (χ1n) is 7.98. The summed E-state index contributed by atoms with van der Waals surface area (Å²) in [5, 5.41) is 1.24. The van der Waals surface area contributed by atoms with E-state index < -0.39 is 0 Å². The molecule has 24 heavy (non-hydrogen) atoms. The summed E-state index contributed by atoms with van der Waals surface area (Å²) in [6.07, 6.45) is 5.71. The van der Waals surface area contributed by atoms with Gasteiger partial charge < -0.3 is 4.90 Å². The summed E-state index contributed by atoms with van der Waals surface area (Å²) < 4.78 is 0. The fraction of sp³-hybridized carbons (Fsp3) is 0.263. The zero-order valence-corrected chi connectivity index (χ0v) is 16.8. The molecule has 0 atom stereocenters. The van der Waals surface area contributed by atoms with Crippen molar-refractivity contribution in [2.75, 3.05) is 18.0 Å². The normalized spacial score (nSPS) is 13.9. The van der Waals surface area contributed by atoms with Crippen molar-refractivity contribution in [2.45, 2.75) is 19.3 Å². The van der Waals surface area contributed by atoms with Gasteiger partial charge in [0.15, 0.2) is 0 Å². The maximum atomic E-state index is 4.81. The fourth-order valence-electron chi connectivity index (χ4n) is 3.20. The Morgan fingerprint density at radius 1 is 0.792 bits per heavy atom. The molecule has 0 spiro atoms. The molecule has 1 saturated heterocycles. The first-order chi connectivity index (χ1) is 10.9. The third-order valence-corrected chi connectivity index (χ3v) is 4.32. The highest BCUT2D eigenvalue weighted by Crippen LogP contribution is 2.31. The summed E-state index contributed by atoms with van der Waals surface area (Å²) >= 11 is 0. The van der Waals surface area contributed by atoms with E-state index in [-0.39, 0.29) is 34.0 Å². The lowest BCUT2D eigenvalue weighted by molar-refractivity contribution is 0.579. The van der Waals surface area contributed by atoms with Gasteiger partial charge in [-0.15, -0.1) is 34.0 Å². The van der Waals surface area contributed by atoms with Gasteiger partial charge in [0.1, 0.15) is 0 Å². The van der Waals surface area contributed by atoms with Crippen LogP contribution in [0.1, 0.15) is 19.3 Å². The summed E-state index contributed by atoms with van der Waals surface area (Å²) in [5.41, 5.74) is 4.24. The highest BCUT2D eigenvalue weighted by Gasteiger charge is 2.16. The number of hydrogen-bond acceptors (Lipinski definition) is 3. The molecule has 3 aromatic rings. The second kappa shape index (κ2) is 8.58. The molecule has 1 aliphatic rings. The molecule has 1 aromatic carbocycles. The number of benzene rings is 1. The number of pyridine rings is 2. The largest absolute Gasteiger partial charge is 0.371 e. The molecule has 0 bridgehead atoms. The van der Waals surface area contributed by atoms with Crippen LogP contribution in [0.25, 0.3) is 22.3 Å². The number of fused-ring (bicyclic) bond motifs is 1. The standard InChI is InChI=1S/C19H19N3.2BrH/c1-6-12-22(13-7-1)19-14-18(17-10-4-5-11-20-17)21-16-9-3-2-8-15(16)19;;/h2-5,8-11,14H,1,6-7,12-13H2;2*1H. The van der Waals surface area contributed by atoms with Gasteiger partial charge in [-0.2, -0.15) is 0 Å². The van der Waals surface area contributed by atoms with Gasteiger partial charge in [-0.3, -0.25) is 4.98 Å². The Labute approximate surface area is 163 Å². The maximum Gasteiger partial charge on any atom is 0.0914 e. The number of hydrogen-bond donors (Lipinski definition) is 0. The zero-order chi connectivity index (χ0) is 14.8. The lowest BCUT2D eigenvalue weighted by atomic mass is 10.1. The average Bonchev–Trinajstić information content (AvgIpc) is 2.62. The van der Waals surface area contributed by atoms with Crippen LogP contribution in [0.5, 0.6) is 0 Å². The molecule has 5 heteroatoms. The Hall–Kier alpha value is -1.46. The van der Waals surface area contributed by atoms with Gasteiger partial charge in [0, 0.05) is 30.4 Å². The number of rotatable bonds is 2. The van der Waals surface area contributed by atoms with Crippen LogP contribution in [0.4, 0.5) is 5.69 Å². The van der Waals surface area contributed by atoms with Gasteiger partial charge in [0.25, 0.3) is 0 Å². The summed E-state index contributed by atoms with van der Waals surface area (Å²) in [4.78, 5) is 11.8. The van der Waals surface area contributed by atoms with Gasteiger partial charge in [-0.25, -0.2) is 4.98 Å². The second-order valence-electron chi connectivity index (χ2n) is 5.81. The molecule has 0 unspecified atom stereocenters. The van der Waals surface area contributed by atoms with Crippen LogP contribution in [0, 0.1) is 0 Å². The molecule has 0 saturated carbocycles. The number of anilines is 1. The van der Waals surface area contributed by atoms with Crippen molar-refractivity contribution >= 4 is 50.6 Å². The minimum atomic E-state index is 0. The minimum Gasteiger partial charge on any atom is -0.371 e. The van der Waals surface area contributed by atoms with E-state index in [2.05, 4.69) is 40.2 Å². The van der Waals surface area contributed by atoms with Crippen molar-refractivity contribution in [1.82, 2.24) is 9.97 Å². The summed E-state index contributed by atoms with van der Waals surface area (Å²) in [7, 11) is 0. The smallest absolute Gasteiger partial charge is 0.0914 e. The van der Waals surface area contributed by atoms with Gasteiger partial charge in [-0.1, -0.05) is 24.3 Å². The zero-order valence-electron chi connectivity index (χ0n) is 13.4. The number of para-hydroxylation sites is 1. The van der Waals surface area contributed by atoms with Crippen LogP contribution in [-0.4, -0.2) is 23.1 Å². The molecule has 3 nitrogen and oxygen atoms in total. The molecule has 4 rings (SSSR count). The Morgan fingerprint density at radius 2 is 1.54 bits per heavy atom.